The maximum Gasteiger partial charge on any atom is 0.360 e. The third kappa shape index (κ3) is 4.92. The molecule has 0 bridgehead atoms. The van der Waals surface area contributed by atoms with E-state index in [9.17, 15) is 18.0 Å². The molecule has 10 nitrogen and oxygen atoms in total. The first kappa shape index (κ1) is 23.3. The van der Waals surface area contributed by atoms with Crippen LogP contribution in [0.15, 0.2) is 35.5 Å². The van der Waals surface area contributed by atoms with E-state index in [0.29, 0.717) is 25.9 Å². The Kier molecular flexibility index (Phi) is 7.17. The van der Waals surface area contributed by atoms with Crippen LogP contribution in [0.25, 0.3) is 0 Å². The second kappa shape index (κ2) is 9.84. The van der Waals surface area contributed by atoms with Gasteiger partial charge >= 0.3 is 5.97 Å². The third-order valence-corrected chi connectivity index (χ3v) is 6.60. The summed E-state index contributed by atoms with van der Waals surface area (Å²) in [6, 6.07) is 5.83. The van der Waals surface area contributed by atoms with Crippen molar-refractivity contribution in [2.75, 3.05) is 32.0 Å². The van der Waals surface area contributed by atoms with Crippen molar-refractivity contribution in [2.45, 2.75) is 30.7 Å². The molecule has 2 aromatic rings. The van der Waals surface area contributed by atoms with Gasteiger partial charge in [0.15, 0.2) is 5.69 Å². The number of ether oxygens (including phenoxy) is 1. The maximum atomic E-state index is 12.9. The van der Waals surface area contributed by atoms with Crippen molar-refractivity contribution in [2.24, 2.45) is 0 Å². The Balaban J connectivity index is 1.67. The molecule has 3 rings (SSSR count). The predicted octanol–water partition coefficient (Wildman–Crippen LogP) is 1.03. The van der Waals surface area contributed by atoms with E-state index < -0.39 is 16.0 Å². The number of nitrogens with one attached hydrogen (secondary N) is 1. The van der Waals surface area contributed by atoms with E-state index in [1.54, 1.807) is 22.5 Å². The molecule has 0 saturated carbocycles. The molecule has 170 valence electrons. The topological polar surface area (TPSA) is 137 Å². The summed E-state index contributed by atoms with van der Waals surface area (Å²) in [4.78, 5) is 30.6. The van der Waals surface area contributed by atoms with Crippen LogP contribution >= 0.6 is 0 Å². The van der Waals surface area contributed by atoms with Gasteiger partial charge in [-0.15, -0.1) is 6.42 Å². The number of esters is 1. The van der Waals surface area contributed by atoms with Crippen molar-refractivity contribution in [3.63, 3.8) is 0 Å². The monoisotopic (exact) mass is 459 g/mol. The summed E-state index contributed by atoms with van der Waals surface area (Å²) in [5.41, 5.74) is 6.45. The van der Waals surface area contributed by atoms with E-state index in [-0.39, 0.29) is 47.1 Å². The minimum absolute atomic E-state index is 0.0191. The molecule has 0 atom stereocenters. The fourth-order valence-corrected chi connectivity index (χ4v) is 4.54. The van der Waals surface area contributed by atoms with Gasteiger partial charge in [0.1, 0.15) is 5.82 Å². The lowest BCUT2D eigenvalue weighted by molar-refractivity contribution is 0.0521. The number of amides is 1. The summed E-state index contributed by atoms with van der Waals surface area (Å²) >= 11 is 0. The van der Waals surface area contributed by atoms with Crippen LogP contribution < -0.4 is 10.5 Å². The molecular formula is C21H25N5O5S. The van der Waals surface area contributed by atoms with E-state index in [4.69, 9.17) is 16.9 Å². The summed E-state index contributed by atoms with van der Waals surface area (Å²) in [5, 5.41) is 0. The molecule has 1 amide bonds. The number of nitrogens with zero attached hydrogens (tertiary/aromatic N) is 3. The van der Waals surface area contributed by atoms with Gasteiger partial charge in [0.25, 0.3) is 5.91 Å². The number of sulfonamides is 1. The molecule has 11 heteroatoms. The molecule has 1 fully saturated rings. The number of rotatable bonds is 7. The fourth-order valence-electron chi connectivity index (χ4n) is 3.56. The maximum absolute atomic E-state index is 12.9. The number of aromatic nitrogens is 2. The van der Waals surface area contributed by atoms with Crippen molar-refractivity contribution >= 4 is 27.7 Å². The highest BCUT2D eigenvalue weighted by Gasteiger charge is 2.28. The van der Waals surface area contributed by atoms with Crippen LogP contribution in [0.2, 0.25) is 0 Å². The smallest absolute Gasteiger partial charge is 0.360 e. The molecule has 1 aliphatic rings. The number of imidazole rings is 1. The summed E-state index contributed by atoms with van der Waals surface area (Å²) in [6.07, 6.45) is 7.84. The van der Waals surface area contributed by atoms with Crippen LogP contribution in [0.5, 0.6) is 0 Å². The summed E-state index contributed by atoms with van der Waals surface area (Å²) < 4.78 is 33.5. The first-order valence-corrected chi connectivity index (χ1v) is 11.6. The third-order valence-electron chi connectivity index (χ3n) is 5.20. The largest absolute Gasteiger partial charge is 0.461 e. The molecule has 2 heterocycles. The van der Waals surface area contributed by atoms with Gasteiger partial charge in [-0.2, -0.15) is 4.72 Å². The zero-order valence-electron chi connectivity index (χ0n) is 17.7. The van der Waals surface area contributed by atoms with Crippen LogP contribution in [0.1, 0.15) is 46.7 Å². The van der Waals surface area contributed by atoms with Crippen molar-refractivity contribution in [3.8, 4) is 12.3 Å². The Morgan fingerprint density at radius 2 is 2.06 bits per heavy atom. The highest BCUT2D eigenvalue weighted by atomic mass is 32.2. The number of terminal acetylenes is 1. The highest BCUT2D eigenvalue weighted by Crippen LogP contribution is 2.27. The number of carbonyl (C=O) groups is 2. The van der Waals surface area contributed by atoms with Gasteiger partial charge in [0.2, 0.25) is 10.0 Å². The first-order chi connectivity index (χ1) is 15.3. The van der Waals surface area contributed by atoms with Gasteiger partial charge in [0, 0.05) is 24.7 Å². The van der Waals surface area contributed by atoms with Crippen LogP contribution in [-0.4, -0.2) is 61.0 Å². The standard InChI is InChI=1S/C21H25N5O5S/c1-3-10-24-32(29,30)17-7-5-6-15(13-17)20(27)25-11-8-16(9-12-25)26-14-23-18(19(26)22)21(28)31-4-2/h1,5-7,13-14,16,24H,4,8-12,22H2,2H3. The number of benzene rings is 1. The molecule has 0 unspecified atom stereocenters. The van der Waals surface area contributed by atoms with Crippen molar-refractivity contribution < 1.29 is 22.7 Å². The van der Waals surface area contributed by atoms with Gasteiger partial charge in [-0.3, -0.25) is 4.79 Å². The number of likely N-dealkylation sites (tertiary alicyclic amines) is 1. The van der Waals surface area contributed by atoms with Crippen LogP contribution in [0.4, 0.5) is 5.82 Å². The zero-order valence-corrected chi connectivity index (χ0v) is 18.5. The second-order valence-electron chi connectivity index (χ2n) is 7.19. The number of nitrogen functional groups attached to an aromatic ring is 1. The number of nitrogens with two attached hydrogens (primary N) is 1. The molecule has 1 aromatic carbocycles. The van der Waals surface area contributed by atoms with Crippen LogP contribution in [0, 0.1) is 12.3 Å². The zero-order chi connectivity index (χ0) is 23.3. The second-order valence-corrected chi connectivity index (χ2v) is 8.95. The molecular weight excluding hydrogens is 434 g/mol. The average molecular weight is 460 g/mol. The van der Waals surface area contributed by atoms with E-state index in [2.05, 4.69) is 15.6 Å². The number of anilines is 1. The number of hydrogen-bond donors (Lipinski definition) is 2. The quantitative estimate of drug-likeness (QED) is 0.466. The van der Waals surface area contributed by atoms with E-state index >= 15 is 0 Å². The molecule has 1 saturated heterocycles. The Bertz CT molecular complexity index is 1140. The normalized spacial score (nSPS) is 14.7. The average Bonchev–Trinajstić information content (AvgIpc) is 3.19. The van der Waals surface area contributed by atoms with Crippen molar-refractivity contribution in [1.29, 1.82) is 0 Å². The Morgan fingerprint density at radius 3 is 2.72 bits per heavy atom. The molecule has 1 aromatic heterocycles. The van der Waals surface area contributed by atoms with E-state index in [1.807, 2.05) is 0 Å². The summed E-state index contributed by atoms with van der Waals surface area (Å²) in [7, 11) is -3.79. The van der Waals surface area contributed by atoms with Crippen LogP contribution in [0.3, 0.4) is 0 Å². The molecule has 0 radical (unpaired) electrons. The molecule has 3 N–H and O–H groups in total. The van der Waals surface area contributed by atoms with E-state index in [0.717, 1.165) is 0 Å². The predicted molar refractivity (Wildman–Crippen MR) is 117 cm³/mol. The lowest BCUT2D eigenvalue weighted by Gasteiger charge is -2.33. The van der Waals surface area contributed by atoms with E-state index in [1.165, 1.54) is 24.5 Å². The lowest BCUT2D eigenvalue weighted by Crippen LogP contribution is -2.39. The number of piperidine rings is 1. The number of carbonyl (C=O) groups excluding carboxylic acids is 2. The molecule has 0 aliphatic carbocycles. The minimum Gasteiger partial charge on any atom is -0.461 e. The minimum atomic E-state index is -3.79. The summed E-state index contributed by atoms with van der Waals surface area (Å²) in [5.74, 6) is 1.63. The Labute approximate surface area is 186 Å². The van der Waals surface area contributed by atoms with Gasteiger partial charge in [-0.25, -0.2) is 18.2 Å². The molecule has 32 heavy (non-hydrogen) atoms. The van der Waals surface area contributed by atoms with Gasteiger partial charge in [-0.1, -0.05) is 12.0 Å². The number of hydrogen-bond acceptors (Lipinski definition) is 7. The fraction of sp³-hybridized carbons (Fsp3) is 0.381. The van der Waals surface area contributed by atoms with Crippen molar-refractivity contribution in [1.82, 2.24) is 19.2 Å². The first-order valence-electron chi connectivity index (χ1n) is 10.1. The Hall–Kier alpha value is -3.36. The highest BCUT2D eigenvalue weighted by molar-refractivity contribution is 7.89. The Morgan fingerprint density at radius 1 is 1.34 bits per heavy atom. The van der Waals surface area contributed by atoms with Gasteiger partial charge in [0.05, 0.1) is 24.4 Å². The van der Waals surface area contributed by atoms with Crippen molar-refractivity contribution in [3.05, 3.63) is 41.9 Å². The van der Waals surface area contributed by atoms with Gasteiger partial charge in [-0.05, 0) is 38.0 Å². The van der Waals surface area contributed by atoms with Crippen LogP contribution in [-0.2, 0) is 14.8 Å². The summed E-state index contributed by atoms with van der Waals surface area (Å²) in [6.45, 7) is 2.69. The molecule has 0 spiro atoms. The molecule has 1 aliphatic heterocycles. The van der Waals surface area contributed by atoms with Gasteiger partial charge < -0.3 is 19.9 Å². The lowest BCUT2D eigenvalue weighted by atomic mass is 10.0. The SMILES string of the molecule is C#CCNS(=O)(=O)c1cccc(C(=O)N2CCC(n3cnc(C(=O)OCC)c3N)CC2)c1.